The number of hydrogen-bond donors (Lipinski definition) is 1. The van der Waals surface area contributed by atoms with Gasteiger partial charge in [-0.05, 0) is 75.2 Å². The average molecular weight is 350 g/mol. The van der Waals surface area contributed by atoms with E-state index in [0.29, 0.717) is 17.7 Å². The van der Waals surface area contributed by atoms with Gasteiger partial charge in [-0.2, -0.15) is 0 Å². The molecule has 136 valence electrons. The van der Waals surface area contributed by atoms with Gasteiger partial charge in [0.25, 0.3) is 0 Å². The molecule has 0 spiro atoms. The second-order valence-corrected chi connectivity index (χ2v) is 9.16. The molecule has 1 aromatic carbocycles. The molecule has 1 heterocycles. The van der Waals surface area contributed by atoms with Crippen LogP contribution >= 0.6 is 0 Å². The molecule has 2 atom stereocenters. The first-order valence-electron chi connectivity index (χ1n) is 9.78. The third-order valence-electron chi connectivity index (χ3n) is 7.08. The number of hydrogen-bond acceptors (Lipinski definition) is 3. The molecule has 4 saturated carbocycles. The van der Waals surface area contributed by atoms with Gasteiger partial charge in [-0.15, -0.1) is 0 Å². The van der Waals surface area contributed by atoms with Crippen LogP contribution in [0, 0.1) is 31.1 Å². The molecule has 1 amide bonds. The molecule has 4 heteroatoms. The monoisotopic (exact) mass is 350 g/mol. The molecule has 0 saturated heterocycles. The fourth-order valence-electron chi connectivity index (χ4n) is 6.45. The Hall–Kier alpha value is -2.10. The van der Waals surface area contributed by atoms with Gasteiger partial charge in [-0.3, -0.25) is 4.79 Å². The zero-order valence-corrected chi connectivity index (χ0v) is 15.5. The first-order valence-corrected chi connectivity index (χ1v) is 9.78. The summed E-state index contributed by atoms with van der Waals surface area (Å²) in [5, 5.41) is 7.02. The van der Waals surface area contributed by atoms with E-state index in [4.69, 9.17) is 4.52 Å². The van der Waals surface area contributed by atoms with Crippen molar-refractivity contribution in [3.05, 3.63) is 47.2 Å². The van der Waals surface area contributed by atoms with Crippen molar-refractivity contribution in [3.8, 4) is 0 Å². The molecule has 4 aliphatic carbocycles. The van der Waals surface area contributed by atoms with E-state index in [1.54, 1.807) is 6.07 Å². The van der Waals surface area contributed by atoms with E-state index < -0.39 is 0 Å². The van der Waals surface area contributed by atoms with Crippen molar-refractivity contribution in [2.24, 2.45) is 17.3 Å². The van der Waals surface area contributed by atoms with Crippen molar-refractivity contribution in [2.45, 2.75) is 57.8 Å². The van der Waals surface area contributed by atoms with E-state index in [9.17, 15) is 4.79 Å². The van der Waals surface area contributed by atoms with Crippen LogP contribution in [-0.2, 0) is 10.2 Å². The van der Waals surface area contributed by atoms with Crippen LogP contribution in [0.5, 0.6) is 0 Å². The van der Waals surface area contributed by atoms with Crippen molar-refractivity contribution in [3.63, 3.8) is 0 Å². The lowest BCUT2D eigenvalue weighted by Gasteiger charge is -2.61. The van der Waals surface area contributed by atoms with Gasteiger partial charge in [-0.1, -0.05) is 35.0 Å². The lowest BCUT2D eigenvalue weighted by molar-refractivity contribution is -0.143. The molecule has 4 bridgehead atoms. The number of aromatic nitrogens is 1. The van der Waals surface area contributed by atoms with Crippen LogP contribution in [0.15, 0.2) is 34.9 Å². The third kappa shape index (κ3) is 2.42. The molecular weight excluding hydrogens is 324 g/mol. The van der Waals surface area contributed by atoms with Crippen LogP contribution in [0.1, 0.15) is 55.4 Å². The minimum absolute atomic E-state index is 0.149. The molecule has 26 heavy (non-hydrogen) atoms. The van der Waals surface area contributed by atoms with E-state index in [-0.39, 0.29) is 16.7 Å². The SMILES string of the molecule is Cc1ccc(C23CC4CC(CC(C(=O)Nc5cc(C)on5)(C4)C2)C3)cc1. The van der Waals surface area contributed by atoms with Crippen LogP contribution in [-0.4, -0.2) is 11.1 Å². The first-order chi connectivity index (χ1) is 12.5. The van der Waals surface area contributed by atoms with Gasteiger partial charge in [0.1, 0.15) is 5.76 Å². The summed E-state index contributed by atoms with van der Waals surface area (Å²) in [5.41, 5.74) is 2.66. The maximum atomic E-state index is 13.3. The number of benzene rings is 1. The molecule has 1 aromatic heterocycles. The Morgan fingerprint density at radius 3 is 2.42 bits per heavy atom. The van der Waals surface area contributed by atoms with Crippen LogP contribution in [0.3, 0.4) is 0 Å². The van der Waals surface area contributed by atoms with Crippen LogP contribution < -0.4 is 5.32 Å². The van der Waals surface area contributed by atoms with Crippen LogP contribution in [0.4, 0.5) is 5.82 Å². The highest BCUT2D eigenvalue weighted by atomic mass is 16.5. The fourth-order valence-corrected chi connectivity index (χ4v) is 6.45. The van der Waals surface area contributed by atoms with E-state index in [1.807, 2.05) is 6.92 Å². The summed E-state index contributed by atoms with van der Waals surface area (Å²) in [7, 11) is 0. The van der Waals surface area contributed by atoms with Gasteiger partial charge < -0.3 is 9.84 Å². The number of carbonyl (C=O) groups excluding carboxylic acids is 1. The van der Waals surface area contributed by atoms with Gasteiger partial charge >= 0.3 is 0 Å². The van der Waals surface area contributed by atoms with E-state index in [2.05, 4.69) is 41.7 Å². The third-order valence-corrected chi connectivity index (χ3v) is 7.08. The zero-order chi connectivity index (χ0) is 17.9. The normalized spacial score (nSPS) is 34.8. The predicted octanol–water partition coefficient (Wildman–Crippen LogP) is 4.77. The summed E-state index contributed by atoms with van der Waals surface area (Å²) >= 11 is 0. The van der Waals surface area contributed by atoms with Gasteiger partial charge in [-0.25, -0.2) is 0 Å². The second kappa shape index (κ2) is 5.45. The molecule has 6 rings (SSSR count). The number of rotatable bonds is 3. The number of nitrogens with one attached hydrogen (secondary N) is 1. The zero-order valence-electron chi connectivity index (χ0n) is 15.5. The number of carbonyl (C=O) groups is 1. The second-order valence-electron chi connectivity index (χ2n) is 9.16. The molecule has 0 aliphatic heterocycles. The minimum atomic E-state index is -0.248. The summed E-state index contributed by atoms with van der Waals surface area (Å²) in [6, 6.07) is 10.8. The highest BCUT2D eigenvalue weighted by molar-refractivity contribution is 5.95. The molecule has 0 radical (unpaired) electrons. The molecule has 2 aromatic rings. The molecular formula is C22H26N2O2. The lowest BCUT2D eigenvalue weighted by Crippen LogP contribution is -2.58. The van der Waals surface area contributed by atoms with E-state index >= 15 is 0 Å². The lowest BCUT2D eigenvalue weighted by atomic mass is 9.42. The van der Waals surface area contributed by atoms with Crippen LogP contribution in [0.2, 0.25) is 0 Å². The Labute approximate surface area is 154 Å². The Kier molecular flexibility index (Phi) is 3.37. The summed E-state index contributed by atoms with van der Waals surface area (Å²) in [5.74, 6) is 2.76. The summed E-state index contributed by atoms with van der Waals surface area (Å²) in [6.07, 6.45) is 6.80. The number of amides is 1. The molecule has 4 aliphatic rings. The Morgan fingerprint density at radius 1 is 1.12 bits per heavy atom. The minimum Gasteiger partial charge on any atom is -0.360 e. The predicted molar refractivity (Wildman–Crippen MR) is 99.8 cm³/mol. The highest BCUT2D eigenvalue weighted by Crippen LogP contribution is 2.65. The van der Waals surface area contributed by atoms with Gasteiger partial charge in [0.05, 0.1) is 5.41 Å². The number of anilines is 1. The van der Waals surface area contributed by atoms with Crippen molar-refractivity contribution in [1.82, 2.24) is 5.16 Å². The summed E-state index contributed by atoms with van der Waals surface area (Å²) in [6.45, 7) is 3.98. The average Bonchev–Trinajstić information content (AvgIpc) is 2.99. The Morgan fingerprint density at radius 2 is 1.81 bits per heavy atom. The van der Waals surface area contributed by atoms with Gasteiger partial charge in [0.2, 0.25) is 5.91 Å². The first kappa shape index (κ1) is 16.1. The van der Waals surface area contributed by atoms with Crippen molar-refractivity contribution in [2.75, 3.05) is 5.32 Å². The quantitative estimate of drug-likeness (QED) is 0.867. The molecule has 2 unspecified atom stereocenters. The number of nitrogens with zero attached hydrogens (tertiary/aromatic N) is 1. The largest absolute Gasteiger partial charge is 0.360 e. The standard InChI is InChI=1S/C22H26N2O2/c1-14-3-5-18(6-4-14)21-9-16-8-17(10-21)12-22(11-16,13-21)20(25)23-19-7-15(2)26-24-19/h3-7,16-17H,8-13H2,1-2H3,(H,23,24,25). The van der Waals surface area contributed by atoms with Gasteiger partial charge in [0, 0.05) is 6.07 Å². The van der Waals surface area contributed by atoms with E-state index in [1.165, 1.54) is 30.4 Å². The maximum Gasteiger partial charge on any atom is 0.231 e. The highest BCUT2D eigenvalue weighted by Gasteiger charge is 2.60. The van der Waals surface area contributed by atoms with Crippen molar-refractivity contribution >= 4 is 11.7 Å². The van der Waals surface area contributed by atoms with Crippen molar-refractivity contribution in [1.29, 1.82) is 0 Å². The molecule has 1 N–H and O–H groups in total. The van der Waals surface area contributed by atoms with Crippen LogP contribution in [0.25, 0.3) is 0 Å². The van der Waals surface area contributed by atoms with Gasteiger partial charge in [0.15, 0.2) is 5.82 Å². The topological polar surface area (TPSA) is 55.1 Å². The fraction of sp³-hybridized carbons (Fsp3) is 0.545. The Balaban J connectivity index is 1.48. The smallest absolute Gasteiger partial charge is 0.231 e. The molecule has 4 fully saturated rings. The Bertz CT molecular complexity index is 837. The number of aryl methyl sites for hydroxylation is 2. The summed E-state index contributed by atoms with van der Waals surface area (Å²) in [4.78, 5) is 13.3. The molecule has 4 nitrogen and oxygen atoms in total. The maximum absolute atomic E-state index is 13.3. The van der Waals surface area contributed by atoms with Crippen molar-refractivity contribution < 1.29 is 9.32 Å². The summed E-state index contributed by atoms with van der Waals surface area (Å²) < 4.78 is 5.12. The van der Waals surface area contributed by atoms with E-state index in [0.717, 1.165) is 25.0 Å².